The number of carbonyl (C=O) groups excluding carboxylic acids is 1. The highest BCUT2D eigenvalue weighted by atomic mass is 16.2. The minimum atomic E-state index is -0.291. The van der Waals surface area contributed by atoms with Crippen LogP contribution in [0.15, 0.2) is 48.5 Å². The van der Waals surface area contributed by atoms with E-state index in [9.17, 15) is 4.79 Å². The first-order valence-corrected chi connectivity index (χ1v) is 11.0. The fourth-order valence-corrected chi connectivity index (χ4v) is 3.94. The molecule has 156 valence electrons. The molecule has 2 aromatic rings. The summed E-state index contributed by atoms with van der Waals surface area (Å²) in [4.78, 5) is 15.1. The Morgan fingerprint density at radius 2 is 1.59 bits per heavy atom. The van der Waals surface area contributed by atoms with Crippen LogP contribution in [0.1, 0.15) is 75.9 Å². The van der Waals surface area contributed by atoms with Crippen molar-refractivity contribution < 1.29 is 4.79 Å². The highest BCUT2D eigenvalue weighted by Crippen LogP contribution is 2.46. The van der Waals surface area contributed by atoms with Gasteiger partial charge in [-0.15, -0.1) is 0 Å². The van der Waals surface area contributed by atoms with Crippen molar-refractivity contribution >= 4 is 5.91 Å². The molecule has 1 aliphatic heterocycles. The van der Waals surface area contributed by atoms with Crippen LogP contribution in [0, 0.1) is 6.92 Å². The first-order valence-electron chi connectivity index (χ1n) is 11.0. The molecule has 0 radical (unpaired) electrons. The molecule has 0 aromatic heterocycles. The molecule has 1 spiro atoms. The average Bonchev–Trinajstić information content (AvgIpc) is 3.44. The monoisotopic (exact) mass is 392 g/mol. The third-order valence-electron chi connectivity index (χ3n) is 6.00. The first-order chi connectivity index (χ1) is 13.8. The molecule has 1 N–H and O–H groups in total. The van der Waals surface area contributed by atoms with Gasteiger partial charge >= 0.3 is 0 Å². The second-order valence-corrected chi connectivity index (χ2v) is 9.24. The number of aryl methyl sites for hydroxylation is 1. The van der Waals surface area contributed by atoms with E-state index in [1.807, 2.05) is 13.8 Å². The van der Waals surface area contributed by atoms with Gasteiger partial charge in [0.15, 0.2) is 0 Å². The van der Waals surface area contributed by atoms with Crippen LogP contribution in [-0.4, -0.2) is 22.9 Å². The molecule has 29 heavy (non-hydrogen) atoms. The largest absolute Gasteiger partial charge is 0.321 e. The number of amides is 1. The maximum absolute atomic E-state index is 13.0. The van der Waals surface area contributed by atoms with Crippen LogP contribution < -0.4 is 5.32 Å². The highest BCUT2D eigenvalue weighted by Gasteiger charge is 2.59. The Balaban J connectivity index is 0.00000117. The number of hydrogen-bond donors (Lipinski definition) is 1. The normalized spacial score (nSPS) is 19.9. The molecule has 1 aliphatic carbocycles. The lowest BCUT2D eigenvalue weighted by atomic mass is 9.86. The van der Waals surface area contributed by atoms with Gasteiger partial charge in [0.25, 0.3) is 0 Å². The summed E-state index contributed by atoms with van der Waals surface area (Å²) in [6.45, 7) is 13.5. The van der Waals surface area contributed by atoms with Crippen molar-refractivity contribution in [3.05, 3.63) is 70.8 Å². The van der Waals surface area contributed by atoms with Crippen molar-refractivity contribution in [3.8, 4) is 0 Å². The van der Waals surface area contributed by atoms with Gasteiger partial charge in [-0.1, -0.05) is 88.7 Å². The van der Waals surface area contributed by atoms with Crippen LogP contribution in [0.25, 0.3) is 0 Å². The molecule has 2 aromatic carbocycles. The van der Waals surface area contributed by atoms with E-state index < -0.39 is 0 Å². The molecule has 3 nitrogen and oxygen atoms in total. The second kappa shape index (κ2) is 8.31. The van der Waals surface area contributed by atoms with E-state index in [1.54, 1.807) is 0 Å². The number of rotatable bonds is 4. The molecule has 2 aliphatic rings. The molecule has 1 unspecified atom stereocenters. The molecule has 1 saturated heterocycles. The first kappa shape index (κ1) is 21.6. The fourth-order valence-electron chi connectivity index (χ4n) is 3.94. The topological polar surface area (TPSA) is 32.3 Å². The Hall–Kier alpha value is -2.13. The number of carbonyl (C=O) groups is 1. The van der Waals surface area contributed by atoms with E-state index in [0.29, 0.717) is 0 Å². The van der Waals surface area contributed by atoms with Gasteiger partial charge in [-0.25, -0.2) is 0 Å². The summed E-state index contributed by atoms with van der Waals surface area (Å²) in [5, 5.41) is 3.64. The van der Waals surface area contributed by atoms with Crippen molar-refractivity contribution in [2.24, 2.45) is 0 Å². The van der Waals surface area contributed by atoms with E-state index in [4.69, 9.17) is 0 Å². The summed E-state index contributed by atoms with van der Waals surface area (Å²) in [6, 6.07) is 17.4. The zero-order chi connectivity index (χ0) is 21.2. The Morgan fingerprint density at radius 3 is 2.10 bits per heavy atom. The molecular formula is C26H36N2O. The highest BCUT2D eigenvalue weighted by molar-refractivity contribution is 5.92. The lowest BCUT2D eigenvalue weighted by Crippen LogP contribution is -2.33. The van der Waals surface area contributed by atoms with E-state index in [0.717, 1.165) is 25.8 Å². The standard InChI is InChI=1S/C24H30N2O.C2H6/c1-17-5-7-18(8-6-17)13-16-26-21(25-24(14-15-24)22(26)27)19-9-11-20(12-10-19)23(2,3)4;1-2/h5-12,21,25H,13-16H2,1-4H3;1-2H3. The quantitative estimate of drug-likeness (QED) is 0.742. The summed E-state index contributed by atoms with van der Waals surface area (Å²) in [5.41, 5.74) is 4.91. The summed E-state index contributed by atoms with van der Waals surface area (Å²) >= 11 is 0. The molecule has 1 heterocycles. The van der Waals surface area contributed by atoms with Crippen LogP contribution in [0.5, 0.6) is 0 Å². The van der Waals surface area contributed by atoms with Crippen molar-refractivity contribution in [3.63, 3.8) is 0 Å². The van der Waals surface area contributed by atoms with Crippen molar-refractivity contribution in [2.45, 2.75) is 77.9 Å². The molecule has 1 atom stereocenters. The number of nitrogens with one attached hydrogen (secondary N) is 1. The van der Waals surface area contributed by atoms with E-state index in [2.05, 4.69) is 86.4 Å². The van der Waals surface area contributed by atoms with Gasteiger partial charge in [0.1, 0.15) is 11.7 Å². The minimum Gasteiger partial charge on any atom is -0.321 e. The van der Waals surface area contributed by atoms with Crippen LogP contribution in [0.4, 0.5) is 0 Å². The molecule has 4 rings (SSSR count). The zero-order valence-electron chi connectivity index (χ0n) is 18.9. The van der Waals surface area contributed by atoms with E-state index in [-0.39, 0.29) is 23.0 Å². The van der Waals surface area contributed by atoms with Crippen molar-refractivity contribution in [1.29, 1.82) is 0 Å². The third-order valence-corrected chi connectivity index (χ3v) is 6.00. The van der Waals surface area contributed by atoms with Crippen molar-refractivity contribution in [1.82, 2.24) is 10.2 Å². The van der Waals surface area contributed by atoms with Crippen LogP contribution in [-0.2, 0) is 16.6 Å². The van der Waals surface area contributed by atoms with E-state index >= 15 is 0 Å². The molecule has 1 amide bonds. The zero-order valence-corrected chi connectivity index (χ0v) is 18.9. The Morgan fingerprint density at radius 1 is 1.00 bits per heavy atom. The van der Waals surface area contributed by atoms with E-state index in [1.165, 1.54) is 22.3 Å². The Labute approximate surface area is 176 Å². The summed E-state index contributed by atoms with van der Waals surface area (Å²) < 4.78 is 0. The van der Waals surface area contributed by atoms with Gasteiger partial charge in [-0.05, 0) is 48.3 Å². The van der Waals surface area contributed by atoms with Gasteiger partial charge in [0, 0.05) is 6.54 Å². The lowest BCUT2D eigenvalue weighted by Gasteiger charge is -2.26. The predicted octanol–water partition coefficient (Wildman–Crippen LogP) is 5.52. The minimum absolute atomic E-state index is 0.0144. The second-order valence-electron chi connectivity index (χ2n) is 9.24. The van der Waals surface area contributed by atoms with Crippen molar-refractivity contribution in [2.75, 3.05) is 6.54 Å². The number of benzene rings is 2. The van der Waals surface area contributed by atoms with Crippen LogP contribution in [0.3, 0.4) is 0 Å². The lowest BCUT2D eigenvalue weighted by molar-refractivity contribution is -0.130. The average molecular weight is 393 g/mol. The number of hydrogen-bond acceptors (Lipinski definition) is 2. The maximum atomic E-state index is 13.0. The predicted molar refractivity (Wildman–Crippen MR) is 121 cm³/mol. The van der Waals surface area contributed by atoms with Gasteiger partial charge in [-0.2, -0.15) is 0 Å². The van der Waals surface area contributed by atoms with Gasteiger partial charge in [0.05, 0.1) is 0 Å². The third kappa shape index (κ3) is 4.56. The Kier molecular flexibility index (Phi) is 6.19. The molecule has 0 bridgehead atoms. The van der Waals surface area contributed by atoms with Gasteiger partial charge in [-0.3, -0.25) is 10.1 Å². The van der Waals surface area contributed by atoms with Crippen LogP contribution >= 0.6 is 0 Å². The molecular weight excluding hydrogens is 356 g/mol. The summed E-state index contributed by atoms with van der Waals surface area (Å²) in [6.07, 6.45) is 2.80. The SMILES string of the molecule is CC.Cc1ccc(CCN2C(=O)C3(CC3)NC2c2ccc(C(C)(C)C)cc2)cc1. The molecule has 2 fully saturated rings. The maximum Gasteiger partial charge on any atom is 0.244 e. The van der Waals surface area contributed by atoms with Crippen LogP contribution in [0.2, 0.25) is 0 Å². The number of nitrogens with zero attached hydrogens (tertiary/aromatic N) is 1. The molecule has 3 heteroatoms. The van der Waals surface area contributed by atoms with Gasteiger partial charge < -0.3 is 4.90 Å². The fraction of sp³-hybridized carbons (Fsp3) is 0.500. The summed E-state index contributed by atoms with van der Waals surface area (Å²) in [7, 11) is 0. The Bertz CT molecular complexity index is 827. The van der Waals surface area contributed by atoms with Gasteiger partial charge in [0.2, 0.25) is 5.91 Å². The summed E-state index contributed by atoms with van der Waals surface area (Å²) in [5.74, 6) is 0.277. The molecule has 1 saturated carbocycles. The smallest absolute Gasteiger partial charge is 0.244 e.